The van der Waals surface area contributed by atoms with Crippen molar-refractivity contribution < 1.29 is 19.6 Å². The van der Waals surface area contributed by atoms with Crippen LogP contribution in [0.2, 0.25) is 0 Å². The van der Waals surface area contributed by atoms with E-state index in [2.05, 4.69) is 15.9 Å². The Morgan fingerprint density at radius 1 is 1.62 bits per heavy atom. The summed E-state index contributed by atoms with van der Waals surface area (Å²) < 4.78 is 5.44. The molecule has 0 bridgehead atoms. The second-order valence-corrected chi connectivity index (χ2v) is 3.76. The minimum Gasteiger partial charge on any atom is -0.495 e. The van der Waals surface area contributed by atoms with Crippen LogP contribution in [0.5, 0.6) is 5.75 Å². The predicted octanol–water partition coefficient (Wildman–Crippen LogP) is 1.99. The van der Waals surface area contributed by atoms with Crippen LogP contribution in [0.25, 0.3) is 0 Å². The van der Waals surface area contributed by atoms with Gasteiger partial charge < -0.3 is 9.84 Å². The summed E-state index contributed by atoms with van der Waals surface area (Å²) in [5, 5.41) is 19.4. The van der Waals surface area contributed by atoms with Crippen molar-refractivity contribution in [1.29, 1.82) is 0 Å². The van der Waals surface area contributed by atoms with Gasteiger partial charge in [-0.05, 0) is 22.0 Å². The number of carbonyl (C=O) groups is 1. The lowest BCUT2D eigenvalue weighted by Gasteiger charge is -2.08. The van der Waals surface area contributed by atoms with Crippen molar-refractivity contribution in [3.8, 4) is 5.75 Å². The Labute approximate surface area is 99.1 Å². The van der Waals surface area contributed by atoms with Crippen molar-refractivity contribution in [2.24, 2.45) is 0 Å². The molecule has 1 N–H and O–H groups in total. The number of carboxylic acid groups (broad SMARTS) is 1. The van der Waals surface area contributed by atoms with E-state index in [9.17, 15) is 14.9 Å². The topological polar surface area (TPSA) is 89.7 Å². The Kier molecular flexibility index (Phi) is 3.83. The SMILES string of the molecule is COc1c(Br)ccc([N+](=O)[O-])c1CC(=O)O. The first-order chi connectivity index (χ1) is 7.47. The van der Waals surface area contributed by atoms with E-state index in [0.717, 1.165) is 0 Å². The Bertz CT molecular complexity index is 446. The van der Waals surface area contributed by atoms with Crippen LogP contribution in [0.3, 0.4) is 0 Å². The van der Waals surface area contributed by atoms with Gasteiger partial charge in [0, 0.05) is 6.07 Å². The summed E-state index contributed by atoms with van der Waals surface area (Å²) in [5.41, 5.74) is -0.211. The van der Waals surface area contributed by atoms with Gasteiger partial charge in [-0.3, -0.25) is 14.9 Å². The van der Waals surface area contributed by atoms with Crippen LogP contribution in [0.4, 0.5) is 5.69 Å². The number of nitrogens with zero attached hydrogens (tertiary/aromatic N) is 1. The summed E-state index contributed by atoms with van der Waals surface area (Å²) in [7, 11) is 1.33. The molecule has 0 fully saturated rings. The minimum atomic E-state index is -1.15. The van der Waals surface area contributed by atoms with Gasteiger partial charge in [-0.15, -0.1) is 0 Å². The predicted molar refractivity (Wildman–Crippen MR) is 58.7 cm³/mol. The Morgan fingerprint density at radius 3 is 2.69 bits per heavy atom. The summed E-state index contributed by atoms with van der Waals surface area (Å²) >= 11 is 3.14. The van der Waals surface area contributed by atoms with E-state index >= 15 is 0 Å². The molecule has 0 saturated heterocycles. The number of rotatable bonds is 4. The highest BCUT2D eigenvalue weighted by Gasteiger charge is 2.22. The average Bonchev–Trinajstić information content (AvgIpc) is 2.16. The molecule has 0 aromatic heterocycles. The molecule has 0 saturated carbocycles. The van der Waals surface area contributed by atoms with E-state index in [1.807, 2.05) is 0 Å². The largest absolute Gasteiger partial charge is 0.495 e. The Hall–Kier alpha value is -1.63. The van der Waals surface area contributed by atoms with Crippen LogP contribution >= 0.6 is 15.9 Å². The van der Waals surface area contributed by atoms with Gasteiger partial charge in [-0.2, -0.15) is 0 Å². The molecule has 0 aliphatic heterocycles. The lowest BCUT2D eigenvalue weighted by atomic mass is 10.1. The number of carboxylic acids is 1. The molecule has 0 heterocycles. The normalized spacial score (nSPS) is 9.88. The highest BCUT2D eigenvalue weighted by molar-refractivity contribution is 9.10. The first kappa shape index (κ1) is 12.4. The third-order valence-electron chi connectivity index (χ3n) is 1.92. The standard InChI is InChI=1S/C9H8BrNO5/c1-16-9-5(4-8(12)13)7(11(14)15)3-2-6(9)10/h2-3H,4H2,1H3,(H,12,13). The Balaban J connectivity index is 3.40. The number of aliphatic carboxylic acids is 1. The zero-order chi connectivity index (χ0) is 12.3. The molecule has 0 radical (unpaired) electrons. The number of nitro groups is 1. The monoisotopic (exact) mass is 289 g/mol. The highest BCUT2D eigenvalue weighted by atomic mass is 79.9. The van der Waals surface area contributed by atoms with Gasteiger partial charge in [0.15, 0.2) is 0 Å². The third-order valence-corrected chi connectivity index (χ3v) is 2.54. The Morgan fingerprint density at radius 2 is 2.25 bits per heavy atom. The van der Waals surface area contributed by atoms with Crippen LogP contribution in [0.1, 0.15) is 5.56 Å². The number of hydrogen-bond donors (Lipinski definition) is 1. The van der Waals surface area contributed by atoms with Crippen molar-refractivity contribution in [1.82, 2.24) is 0 Å². The second kappa shape index (κ2) is 4.93. The molecule has 0 aliphatic rings. The summed E-state index contributed by atoms with van der Waals surface area (Å²) in [6, 6.07) is 2.69. The smallest absolute Gasteiger partial charge is 0.308 e. The lowest BCUT2D eigenvalue weighted by Crippen LogP contribution is -2.06. The molecule has 0 amide bonds. The van der Waals surface area contributed by atoms with Crippen molar-refractivity contribution in [2.45, 2.75) is 6.42 Å². The molecule has 0 spiro atoms. The van der Waals surface area contributed by atoms with Gasteiger partial charge in [0.25, 0.3) is 5.69 Å². The second-order valence-electron chi connectivity index (χ2n) is 2.91. The van der Waals surface area contributed by atoms with Crippen LogP contribution in [0, 0.1) is 10.1 Å². The third kappa shape index (κ3) is 2.48. The zero-order valence-electron chi connectivity index (χ0n) is 8.27. The summed E-state index contributed by atoms with van der Waals surface area (Å²) in [6.07, 6.45) is -0.459. The number of hydrogen-bond acceptors (Lipinski definition) is 4. The fourth-order valence-electron chi connectivity index (χ4n) is 1.30. The van der Waals surface area contributed by atoms with E-state index in [0.29, 0.717) is 4.47 Å². The van der Waals surface area contributed by atoms with Crippen molar-refractivity contribution in [2.75, 3.05) is 7.11 Å². The van der Waals surface area contributed by atoms with E-state index in [1.165, 1.54) is 19.2 Å². The quantitative estimate of drug-likeness (QED) is 0.676. The summed E-state index contributed by atoms with van der Waals surface area (Å²) in [5.74, 6) is -0.976. The van der Waals surface area contributed by atoms with Crippen molar-refractivity contribution >= 4 is 27.6 Å². The van der Waals surface area contributed by atoms with Crippen LogP contribution in [-0.2, 0) is 11.2 Å². The molecule has 16 heavy (non-hydrogen) atoms. The van der Waals surface area contributed by atoms with Crippen LogP contribution in [-0.4, -0.2) is 23.1 Å². The number of nitro benzene ring substituents is 1. The molecule has 86 valence electrons. The summed E-state index contributed by atoms with van der Waals surface area (Å²) in [4.78, 5) is 20.7. The molecular formula is C9H8BrNO5. The molecule has 1 aromatic carbocycles. The van der Waals surface area contributed by atoms with Crippen LogP contribution in [0.15, 0.2) is 16.6 Å². The molecule has 1 aromatic rings. The first-order valence-corrected chi connectivity index (χ1v) is 4.98. The van der Waals surface area contributed by atoms with Crippen LogP contribution < -0.4 is 4.74 Å². The number of methoxy groups -OCH3 is 1. The number of benzene rings is 1. The highest BCUT2D eigenvalue weighted by Crippen LogP contribution is 2.35. The van der Waals surface area contributed by atoms with E-state index in [4.69, 9.17) is 9.84 Å². The van der Waals surface area contributed by atoms with E-state index in [-0.39, 0.29) is 17.0 Å². The van der Waals surface area contributed by atoms with Gasteiger partial charge in [-0.1, -0.05) is 0 Å². The van der Waals surface area contributed by atoms with Gasteiger partial charge in [0.2, 0.25) is 0 Å². The van der Waals surface area contributed by atoms with Crippen molar-refractivity contribution in [3.63, 3.8) is 0 Å². The molecule has 0 aliphatic carbocycles. The molecule has 0 atom stereocenters. The van der Waals surface area contributed by atoms with Gasteiger partial charge in [0.1, 0.15) is 5.75 Å². The van der Waals surface area contributed by atoms with Gasteiger partial charge in [0.05, 0.1) is 28.5 Å². The molecular weight excluding hydrogens is 282 g/mol. The molecule has 1 rings (SSSR count). The first-order valence-electron chi connectivity index (χ1n) is 4.19. The van der Waals surface area contributed by atoms with Gasteiger partial charge in [-0.25, -0.2) is 0 Å². The fraction of sp³-hybridized carbons (Fsp3) is 0.222. The number of halogens is 1. The molecule has 0 unspecified atom stereocenters. The molecule has 6 nitrogen and oxygen atoms in total. The fourth-order valence-corrected chi connectivity index (χ4v) is 1.84. The minimum absolute atomic E-state index is 0.0503. The van der Waals surface area contributed by atoms with Gasteiger partial charge >= 0.3 is 5.97 Å². The zero-order valence-corrected chi connectivity index (χ0v) is 9.85. The maximum absolute atomic E-state index is 10.7. The van der Waals surface area contributed by atoms with E-state index < -0.39 is 17.3 Å². The maximum Gasteiger partial charge on any atom is 0.308 e. The lowest BCUT2D eigenvalue weighted by molar-refractivity contribution is -0.385. The summed E-state index contributed by atoms with van der Waals surface area (Å²) in [6.45, 7) is 0. The number of ether oxygens (including phenoxy) is 1. The van der Waals surface area contributed by atoms with Crippen molar-refractivity contribution in [3.05, 3.63) is 32.3 Å². The average molecular weight is 290 g/mol. The molecule has 7 heteroatoms. The maximum atomic E-state index is 10.7. The van der Waals surface area contributed by atoms with E-state index in [1.54, 1.807) is 0 Å².